The number of nitrogens with two attached hydrogens (primary N) is 1. The van der Waals surface area contributed by atoms with E-state index < -0.39 is 23.5 Å². The van der Waals surface area contributed by atoms with Crippen molar-refractivity contribution >= 4 is 0 Å². The van der Waals surface area contributed by atoms with Crippen LogP contribution in [0.5, 0.6) is 0 Å². The molecule has 0 saturated heterocycles. The average Bonchev–Trinajstić information content (AvgIpc) is 2.29. The second-order valence-electron chi connectivity index (χ2n) is 3.23. The largest absolute Gasteiger partial charge is 0.271 e. The number of rotatable bonds is 4. The fourth-order valence-electron chi connectivity index (χ4n) is 1.37. The first-order valence-corrected chi connectivity index (χ1v) is 4.64. The summed E-state index contributed by atoms with van der Waals surface area (Å²) in [5.41, 5.74) is 2.29. The van der Waals surface area contributed by atoms with Crippen molar-refractivity contribution < 1.29 is 13.2 Å². The van der Waals surface area contributed by atoms with E-state index in [1.165, 1.54) is 0 Å². The van der Waals surface area contributed by atoms with Gasteiger partial charge in [-0.05, 0) is 12.5 Å². The van der Waals surface area contributed by atoms with Gasteiger partial charge in [0.1, 0.15) is 0 Å². The maximum absolute atomic E-state index is 13.4. The van der Waals surface area contributed by atoms with Gasteiger partial charge in [0.25, 0.3) is 0 Å². The summed E-state index contributed by atoms with van der Waals surface area (Å²) in [5, 5.41) is 0. The first kappa shape index (κ1) is 12.6. The summed E-state index contributed by atoms with van der Waals surface area (Å²) in [6.45, 7) is 0. The summed E-state index contributed by atoms with van der Waals surface area (Å²) >= 11 is 0. The Bertz CT molecular complexity index is 412. The molecule has 1 unspecified atom stereocenters. The molecule has 0 aliphatic carbocycles. The lowest BCUT2D eigenvalue weighted by Gasteiger charge is -2.16. The van der Waals surface area contributed by atoms with E-state index in [0.717, 1.165) is 12.1 Å². The minimum absolute atomic E-state index is 0.0309. The molecule has 3 N–H and O–H groups in total. The number of benzene rings is 1. The molecule has 2 nitrogen and oxygen atoms in total. The normalized spacial score (nSPS) is 12.2. The molecule has 0 heterocycles. The van der Waals surface area contributed by atoms with E-state index in [1.807, 2.05) is 0 Å². The van der Waals surface area contributed by atoms with Crippen LogP contribution in [0.4, 0.5) is 13.2 Å². The van der Waals surface area contributed by atoms with Crippen LogP contribution in [0, 0.1) is 29.8 Å². The quantitative estimate of drug-likeness (QED) is 0.358. The van der Waals surface area contributed by atoms with Crippen molar-refractivity contribution in [1.82, 2.24) is 5.43 Å². The van der Waals surface area contributed by atoms with Gasteiger partial charge in [0.05, 0.1) is 0 Å². The Kier molecular flexibility index (Phi) is 4.35. The topological polar surface area (TPSA) is 38.0 Å². The molecule has 0 saturated carbocycles. The van der Waals surface area contributed by atoms with E-state index in [2.05, 4.69) is 11.3 Å². The molecule has 1 rings (SSSR count). The Labute approximate surface area is 91.6 Å². The van der Waals surface area contributed by atoms with Crippen molar-refractivity contribution in [1.29, 1.82) is 0 Å². The highest BCUT2D eigenvalue weighted by atomic mass is 19.2. The van der Waals surface area contributed by atoms with Gasteiger partial charge in [0, 0.05) is 18.0 Å². The standard InChI is InChI=1S/C11H11F3N2/c1-2-3-4-9(16-15)7-5-6-8(12)11(14)10(7)13/h1,5-6,9,16H,3-4,15H2. The number of hydrogen-bond acceptors (Lipinski definition) is 2. The summed E-state index contributed by atoms with van der Waals surface area (Å²) in [7, 11) is 0. The highest BCUT2D eigenvalue weighted by molar-refractivity contribution is 5.23. The second-order valence-corrected chi connectivity index (χ2v) is 3.23. The Balaban J connectivity index is 3.02. The van der Waals surface area contributed by atoms with Gasteiger partial charge in [-0.3, -0.25) is 11.3 Å². The van der Waals surface area contributed by atoms with Crippen LogP contribution in [0.15, 0.2) is 12.1 Å². The second kappa shape index (κ2) is 5.54. The molecule has 0 aromatic heterocycles. The van der Waals surface area contributed by atoms with Gasteiger partial charge < -0.3 is 0 Å². The first-order chi connectivity index (χ1) is 7.61. The van der Waals surface area contributed by atoms with Crippen LogP contribution < -0.4 is 11.3 Å². The summed E-state index contributed by atoms with van der Waals surface area (Å²) in [5.74, 6) is 3.60. The van der Waals surface area contributed by atoms with E-state index >= 15 is 0 Å². The molecule has 0 spiro atoms. The van der Waals surface area contributed by atoms with E-state index in [0.29, 0.717) is 12.8 Å². The van der Waals surface area contributed by atoms with Crippen molar-refractivity contribution in [2.75, 3.05) is 0 Å². The van der Waals surface area contributed by atoms with Crippen molar-refractivity contribution in [2.45, 2.75) is 18.9 Å². The Morgan fingerprint density at radius 1 is 1.31 bits per heavy atom. The Morgan fingerprint density at radius 3 is 2.56 bits per heavy atom. The minimum Gasteiger partial charge on any atom is -0.271 e. The van der Waals surface area contributed by atoms with Crippen LogP contribution in [0.3, 0.4) is 0 Å². The lowest BCUT2D eigenvalue weighted by molar-refractivity contribution is 0.420. The maximum atomic E-state index is 13.4. The third-order valence-electron chi connectivity index (χ3n) is 2.22. The molecule has 0 fully saturated rings. The van der Waals surface area contributed by atoms with Crippen molar-refractivity contribution in [2.24, 2.45) is 5.84 Å². The highest BCUT2D eigenvalue weighted by Crippen LogP contribution is 2.23. The fraction of sp³-hybridized carbons (Fsp3) is 0.273. The van der Waals surface area contributed by atoms with Crippen LogP contribution >= 0.6 is 0 Å². The molecule has 0 amide bonds. The van der Waals surface area contributed by atoms with Crippen LogP contribution in [0.1, 0.15) is 24.4 Å². The Hall–Kier alpha value is -1.51. The maximum Gasteiger partial charge on any atom is 0.194 e. The van der Waals surface area contributed by atoms with Crippen molar-refractivity contribution in [3.05, 3.63) is 35.1 Å². The van der Waals surface area contributed by atoms with Gasteiger partial charge in [0.15, 0.2) is 17.5 Å². The third kappa shape index (κ3) is 2.54. The predicted octanol–water partition coefficient (Wildman–Crippen LogP) is 2.02. The zero-order valence-corrected chi connectivity index (χ0v) is 8.43. The van der Waals surface area contributed by atoms with Crippen LogP contribution in [0.2, 0.25) is 0 Å². The molecule has 0 radical (unpaired) electrons. The van der Waals surface area contributed by atoms with E-state index in [9.17, 15) is 13.2 Å². The van der Waals surface area contributed by atoms with E-state index in [-0.39, 0.29) is 5.56 Å². The van der Waals surface area contributed by atoms with Gasteiger partial charge in [-0.15, -0.1) is 12.3 Å². The third-order valence-corrected chi connectivity index (χ3v) is 2.22. The van der Waals surface area contributed by atoms with Gasteiger partial charge in [-0.25, -0.2) is 13.2 Å². The molecule has 16 heavy (non-hydrogen) atoms. The van der Waals surface area contributed by atoms with Gasteiger partial charge in [-0.1, -0.05) is 6.07 Å². The average molecular weight is 228 g/mol. The van der Waals surface area contributed by atoms with E-state index in [4.69, 9.17) is 12.3 Å². The molecule has 5 heteroatoms. The fourth-order valence-corrected chi connectivity index (χ4v) is 1.37. The summed E-state index contributed by atoms with van der Waals surface area (Å²) in [6, 6.07) is 1.37. The number of nitrogens with one attached hydrogen (secondary N) is 1. The number of hydrogen-bond donors (Lipinski definition) is 2. The zero-order chi connectivity index (χ0) is 12.1. The minimum atomic E-state index is -1.50. The Morgan fingerprint density at radius 2 is 2.00 bits per heavy atom. The number of halogens is 3. The number of terminal acetylenes is 1. The van der Waals surface area contributed by atoms with E-state index in [1.54, 1.807) is 0 Å². The molecular weight excluding hydrogens is 217 g/mol. The molecule has 86 valence electrons. The molecular formula is C11H11F3N2. The smallest absolute Gasteiger partial charge is 0.194 e. The highest BCUT2D eigenvalue weighted by Gasteiger charge is 2.19. The van der Waals surface area contributed by atoms with Crippen molar-refractivity contribution in [3.63, 3.8) is 0 Å². The van der Waals surface area contributed by atoms with Crippen LogP contribution in [0.25, 0.3) is 0 Å². The summed E-state index contributed by atoms with van der Waals surface area (Å²) in [6.07, 6.45) is 5.75. The lowest BCUT2D eigenvalue weighted by Crippen LogP contribution is -2.29. The summed E-state index contributed by atoms with van der Waals surface area (Å²) < 4.78 is 39.0. The molecule has 1 atom stereocenters. The molecule has 0 aliphatic rings. The first-order valence-electron chi connectivity index (χ1n) is 4.64. The van der Waals surface area contributed by atoms with Crippen molar-refractivity contribution in [3.8, 4) is 12.3 Å². The SMILES string of the molecule is C#CCCC(NN)c1ccc(F)c(F)c1F. The van der Waals surface area contributed by atoms with Gasteiger partial charge in [-0.2, -0.15) is 0 Å². The molecule has 0 bridgehead atoms. The predicted molar refractivity (Wildman–Crippen MR) is 54.4 cm³/mol. The van der Waals surface area contributed by atoms with Gasteiger partial charge in [0.2, 0.25) is 0 Å². The van der Waals surface area contributed by atoms with Crippen LogP contribution in [-0.2, 0) is 0 Å². The molecule has 1 aromatic rings. The molecule has 1 aromatic carbocycles. The molecule has 0 aliphatic heterocycles. The summed E-state index contributed by atoms with van der Waals surface area (Å²) in [4.78, 5) is 0. The zero-order valence-electron chi connectivity index (χ0n) is 8.43. The van der Waals surface area contributed by atoms with Gasteiger partial charge >= 0.3 is 0 Å². The lowest BCUT2D eigenvalue weighted by atomic mass is 10.0. The number of hydrazine groups is 1. The monoisotopic (exact) mass is 228 g/mol. The van der Waals surface area contributed by atoms with Crippen LogP contribution in [-0.4, -0.2) is 0 Å².